The number of amides is 2. The van der Waals surface area contributed by atoms with Gasteiger partial charge >= 0.3 is 0 Å². The van der Waals surface area contributed by atoms with Gasteiger partial charge in [0.15, 0.2) is 0 Å². The zero-order valence-electron chi connectivity index (χ0n) is 17.6. The van der Waals surface area contributed by atoms with Crippen LogP contribution >= 0.6 is 0 Å². The van der Waals surface area contributed by atoms with Gasteiger partial charge in [-0.05, 0) is 103 Å². The molecule has 0 aliphatic heterocycles. The molecule has 2 amide bonds. The molecule has 4 aliphatic rings. The first kappa shape index (κ1) is 19.7. The maximum absolute atomic E-state index is 12.7. The summed E-state index contributed by atoms with van der Waals surface area (Å²) in [5.41, 5.74) is -0.101. The molecule has 0 heterocycles. The van der Waals surface area contributed by atoms with E-state index < -0.39 is 0 Å². The van der Waals surface area contributed by atoms with E-state index in [1.165, 1.54) is 32.1 Å². The molecule has 0 atom stereocenters. The molecule has 4 heteroatoms. The largest absolute Gasteiger partial charge is 0.351 e. The number of carbonyl (C=O) groups is 2. The highest BCUT2D eigenvalue weighted by Crippen LogP contribution is 2.67. The summed E-state index contributed by atoms with van der Waals surface area (Å²) in [4.78, 5) is 25.3. The lowest BCUT2D eigenvalue weighted by Gasteiger charge is -2.62. The minimum absolute atomic E-state index is 0.126. The van der Waals surface area contributed by atoms with E-state index >= 15 is 0 Å². The molecule has 0 unspecified atom stereocenters. The van der Waals surface area contributed by atoms with Gasteiger partial charge in [-0.1, -0.05) is 0 Å². The monoisotopic (exact) mass is 362 g/mol. The zero-order valence-corrected chi connectivity index (χ0v) is 17.6. The molecule has 0 aromatic heterocycles. The van der Waals surface area contributed by atoms with Gasteiger partial charge in [-0.15, -0.1) is 0 Å². The molecule has 0 saturated heterocycles. The normalized spacial score (nSPS) is 36.1. The van der Waals surface area contributed by atoms with Crippen LogP contribution in [0.5, 0.6) is 0 Å². The van der Waals surface area contributed by atoms with Crippen molar-refractivity contribution in [3.8, 4) is 0 Å². The van der Waals surface area contributed by atoms with Crippen molar-refractivity contribution >= 4 is 11.8 Å². The maximum Gasteiger partial charge on any atom is 0.220 e. The van der Waals surface area contributed by atoms with Crippen molar-refractivity contribution in [1.29, 1.82) is 0 Å². The first-order valence-corrected chi connectivity index (χ1v) is 10.4. The third kappa shape index (κ3) is 4.61. The molecule has 0 radical (unpaired) electrons. The highest BCUT2D eigenvalue weighted by Gasteiger charge is 2.58. The van der Waals surface area contributed by atoms with Crippen molar-refractivity contribution < 1.29 is 9.59 Å². The van der Waals surface area contributed by atoms with Crippen LogP contribution in [0.1, 0.15) is 92.9 Å². The van der Waals surface area contributed by atoms with Gasteiger partial charge in [-0.3, -0.25) is 9.59 Å². The highest BCUT2D eigenvalue weighted by molar-refractivity contribution is 5.78. The summed E-state index contributed by atoms with van der Waals surface area (Å²) < 4.78 is 0. The van der Waals surface area contributed by atoms with E-state index in [2.05, 4.69) is 10.6 Å². The van der Waals surface area contributed by atoms with E-state index in [-0.39, 0.29) is 33.7 Å². The molecular formula is C22H38N2O2. The Morgan fingerprint density at radius 2 is 1.12 bits per heavy atom. The average Bonchev–Trinajstić information content (AvgIpc) is 2.28. The second kappa shape index (κ2) is 6.24. The quantitative estimate of drug-likeness (QED) is 0.788. The predicted octanol–water partition coefficient (Wildman–Crippen LogP) is 4.18. The fourth-order valence-corrected chi connectivity index (χ4v) is 6.67. The zero-order chi connectivity index (χ0) is 19.4. The van der Waals surface area contributed by atoms with Crippen LogP contribution in [0.3, 0.4) is 0 Å². The molecule has 148 valence electrons. The Balaban J connectivity index is 1.72. The smallest absolute Gasteiger partial charge is 0.220 e. The van der Waals surface area contributed by atoms with Crippen LogP contribution in [0.15, 0.2) is 0 Å². The van der Waals surface area contributed by atoms with E-state index in [0.29, 0.717) is 24.7 Å². The summed E-state index contributed by atoms with van der Waals surface area (Å²) in [7, 11) is 0. The fourth-order valence-electron chi connectivity index (χ4n) is 6.67. The average molecular weight is 363 g/mol. The Labute approximate surface area is 159 Å². The van der Waals surface area contributed by atoms with E-state index in [0.717, 1.165) is 6.42 Å². The summed E-state index contributed by atoms with van der Waals surface area (Å²) in [5, 5.41) is 6.32. The van der Waals surface area contributed by atoms with Crippen LogP contribution in [-0.2, 0) is 9.59 Å². The summed E-state index contributed by atoms with van der Waals surface area (Å²) >= 11 is 0. The van der Waals surface area contributed by atoms with Gasteiger partial charge < -0.3 is 10.6 Å². The first-order valence-electron chi connectivity index (χ1n) is 10.4. The number of carbonyl (C=O) groups excluding carboxylic acids is 2. The van der Waals surface area contributed by atoms with Crippen LogP contribution < -0.4 is 10.6 Å². The van der Waals surface area contributed by atoms with Crippen LogP contribution in [0.4, 0.5) is 0 Å². The third-order valence-corrected chi connectivity index (χ3v) is 6.40. The molecule has 4 fully saturated rings. The van der Waals surface area contributed by atoms with Crippen LogP contribution in [0, 0.1) is 22.7 Å². The predicted molar refractivity (Wildman–Crippen MR) is 105 cm³/mol. The summed E-state index contributed by atoms with van der Waals surface area (Å²) in [6.45, 7) is 12.3. The topological polar surface area (TPSA) is 58.2 Å². The Kier molecular flexibility index (Phi) is 4.73. The summed E-state index contributed by atoms with van der Waals surface area (Å²) in [6, 6.07) is 0. The lowest BCUT2D eigenvalue weighted by molar-refractivity contribution is -0.147. The van der Waals surface area contributed by atoms with Gasteiger partial charge in [0.05, 0.1) is 0 Å². The standard InChI is InChI=1S/C22H38N2O2/c1-19(2,3)23-17(25)12-21-8-15-7-16(9-21)11-22(10-15,14-21)13-18(26)24-20(4,5)6/h15-16H,7-14H2,1-6H3,(H,23,25)(H,24,26). The molecule has 4 rings (SSSR count). The lowest BCUT2D eigenvalue weighted by atomic mass is 9.43. The maximum atomic E-state index is 12.7. The van der Waals surface area contributed by atoms with Gasteiger partial charge in [0.2, 0.25) is 11.8 Å². The number of nitrogens with one attached hydrogen (secondary N) is 2. The van der Waals surface area contributed by atoms with Crippen LogP contribution in [-0.4, -0.2) is 22.9 Å². The van der Waals surface area contributed by atoms with Crippen molar-refractivity contribution in [3.05, 3.63) is 0 Å². The van der Waals surface area contributed by atoms with E-state index in [1.807, 2.05) is 41.5 Å². The second-order valence-corrected chi connectivity index (χ2v) is 11.9. The third-order valence-electron chi connectivity index (χ3n) is 6.40. The number of hydrogen-bond acceptors (Lipinski definition) is 2. The Hall–Kier alpha value is -1.06. The molecule has 0 aromatic rings. The number of hydrogen-bond donors (Lipinski definition) is 2. The molecule has 4 saturated carbocycles. The van der Waals surface area contributed by atoms with E-state index in [4.69, 9.17) is 0 Å². The Morgan fingerprint density at radius 1 is 0.769 bits per heavy atom. The van der Waals surface area contributed by atoms with Gasteiger partial charge in [-0.25, -0.2) is 0 Å². The van der Waals surface area contributed by atoms with Crippen molar-refractivity contribution in [2.24, 2.45) is 22.7 Å². The van der Waals surface area contributed by atoms with Crippen LogP contribution in [0.2, 0.25) is 0 Å². The van der Waals surface area contributed by atoms with Gasteiger partial charge in [0.1, 0.15) is 0 Å². The lowest BCUT2D eigenvalue weighted by Crippen LogP contribution is -2.55. The number of rotatable bonds is 4. The summed E-state index contributed by atoms with van der Waals surface area (Å²) in [6.07, 6.45) is 8.38. The molecule has 26 heavy (non-hydrogen) atoms. The van der Waals surface area contributed by atoms with Gasteiger partial charge in [-0.2, -0.15) is 0 Å². The van der Waals surface area contributed by atoms with Gasteiger partial charge in [0.25, 0.3) is 0 Å². The second-order valence-electron chi connectivity index (χ2n) is 11.9. The van der Waals surface area contributed by atoms with E-state index in [9.17, 15) is 9.59 Å². The fraction of sp³-hybridized carbons (Fsp3) is 0.909. The van der Waals surface area contributed by atoms with Crippen molar-refractivity contribution in [2.45, 2.75) is 104 Å². The first-order chi connectivity index (χ1) is 11.8. The molecule has 4 aliphatic carbocycles. The molecule has 0 aromatic carbocycles. The molecule has 0 spiro atoms. The highest BCUT2D eigenvalue weighted by atomic mass is 16.2. The van der Waals surface area contributed by atoms with Crippen molar-refractivity contribution in [3.63, 3.8) is 0 Å². The molecule has 4 bridgehead atoms. The summed E-state index contributed by atoms with van der Waals surface area (Å²) in [5.74, 6) is 1.80. The van der Waals surface area contributed by atoms with Crippen molar-refractivity contribution in [1.82, 2.24) is 10.6 Å². The van der Waals surface area contributed by atoms with Crippen LogP contribution in [0.25, 0.3) is 0 Å². The molecule has 4 nitrogen and oxygen atoms in total. The van der Waals surface area contributed by atoms with E-state index in [1.54, 1.807) is 0 Å². The molecule has 2 N–H and O–H groups in total. The Bertz CT molecular complexity index is 520. The van der Waals surface area contributed by atoms with Gasteiger partial charge in [0, 0.05) is 23.9 Å². The minimum Gasteiger partial charge on any atom is -0.351 e. The molecular weight excluding hydrogens is 324 g/mol. The van der Waals surface area contributed by atoms with Crippen molar-refractivity contribution in [2.75, 3.05) is 0 Å². The SMILES string of the molecule is CC(C)(C)NC(=O)CC12CC3CC(C1)CC(CC(=O)NC(C)(C)C)(C3)C2. The minimum atomic E-state index is -0.177. The Morgan fingerprint density at radius 3 is 1.42 bits per heavy atom.